The van der Waals surface area contributed by atoms with Crippen LogP contribution in [0, 0.1) is 0 Å². The molecule has 0 aliphatic rings. The van der Waals surface area contributed by atoms with Crippen molar-refractivity contribution in [2.24, 2.45) is 5.73 Å². The Bertz CT molecular complexity index is 427. The molecule has 0 heterocycles. The van der Waals surface area contributed by atoms with Crippen LogP contribution in [0.25, 0.3) is 0 Å². The Morgan fingerprint density at radius 2 is 1.88 bits per heavy atom. The predicted molar refractivity (Wildman–Crippen MR) is 66.7 cm³/mol. The van der Waals surface area contributed by atoms with Gasteiger partial charge in [-0.05, 0) is 24.1 Å². The zero-order valence-electron chi connectivity index (χ0n) is 9.20. The highest BCUT2D eigenvalue weighted by Gasteiger charge is 2.32. The van der Waals surface area contributed by atoms with Crippen molar-refractivity contribution in [3.63, 3.8) is 0 Å². The average Bonchev–Trinajstić information content (AvgIpc) is 2.25. The van der Waals surface area contributed by atoms with Gasteiger partial charge in [0, 0.05) is 6.42 Å². The normalized spacial score (nSPS) is 14.4. The smallest absolute Gasteiger partial charge is 0.324 e. The monoisotopic (exact) mass is 277 g/mol. The first-order chi connectivity index (χ1) is 7.80. The first-order valence-electron chi connectivity index (χ1n) is 4.99. The van der Waals surface area contributed by atoms with Crippen molar-refractivity contribution in [1.29, 1.82) is 0 Å². The molecule has 0 spiro atoms. The summed E-state index contributed by atoms with van der Waals surface area (Å²) in [6.45, 7) is 1.69. The van der Waals surface area contributed by atoms with Crippen molar-refractivity contribution in [2.75, 3.05) is 0 Å². The molecule has 1 atom stereocenters. The molecule has 0 aliphatic carbocycles. The lowest BCUT2D eigenvalue weighted by molar-refractivity contribution is -0.143. The Morgan fingerprint density at radius 1 is 1.41 bits per heavy atom. The number of benzene rings is 1. The van der Waals surface area contributed by atoms with Gasteiger partial charge in [0.15, 0.2) is 5.75 Å². The molecule has 4 nitrogen and oxygen atoms in total. The minimum atomic E-state index is -1.36. The molecule has 6 heteroatoms. The third-order valence-corrected chi connectivity index (χ3v) is 3.23. The van der Waals surface area contributed by atoms with Crippen LogP contribution in [0.15, 0.2) is 12.1 Å². The molecule has 0 fully saturated rings. The standard InChI is InChI=1S/C11H13Cl2NO3/c1-2-11(14,10(16)17)5-6-3-7(12)9(15)8(13)4-6/h3-4,15H,2,5,14H2,1H3,(H,16,17). The number of aromatic hydroxyl groups is 1. The van der Waals surface area contributed by atoms with Crippen LogP contribution < -0.4 is 5.73 Å². The van der Waals surface area contributed by atoms with E-state index >= 15 is 0 Å². The fourth-order valence-corrected chi connectivity index (χ4v) is 1.97. The predicted octanol–water partition coefficient (Wildman–Crippen LogP) is 2.43. The van der Waals surface area contributed by atoms with Gasteiger partial charge in [-0.15, -0.1) is 0 Å². The lowest BCUT2D eigenvalue weighted by atomic mass is 9.89. The maximum Gasteiger partial charge on any atom is 0.324 e. The molecule has 0 bridgehead atoms. The molecule has 0 saturated carbocycles. The van der Waals surface area contributed by atoms with E-state index in [0.29, 0.717) is 5.56 Å². The molecule has 1 aromatic rings. The maximum atomic E-state index is 11.1. The van der Waals surface area contributed by atoms with Gasteiger partial charge in [-0.25, -0.2) is 0 Å². The number of phenolic OH excluding ortho intramolecular Hbond substituents is 1. The molecule has 1 unspecified atom stereocenters. The lowest BCUT2D eigenvalue weighted by Gasteiger charge is -2.23. The summed E-state index contributed by atoms with van der Waals surface area (Å²) in [5, 5.41) is 18.6. The van der Waals surface area contributed by atoms with E-state index in [1.807, 2.05) is 0 Å². The van der Waals surface area contributed by atoms with Gasteiger partial charge in [-0.1, -0.05) is 30.1 Å². The maximum absolute atomic E-state index is 11.1. The fraction of sp³-hybridized carbons (Fsp3) is 0.364. The average molecular weight is 278 g/mol. The van der Waals surface area contributed by atoms with Crippen LogP contribution >= 0.6 is 23.2 Å². The number of nitrogens with two attached hydrogens (primary N) is 1. The molecule has 17 heavy (non-hydrogen) atoms. The summed E-state index contributed by atoms with van der Waals surface area (Å²) in [6.07, 6.45) is 0.372. The van der Waals surface area contributed by atoms with Crippen LogP contribution in [0.1, 0.15) is 18.9 Å². The number of halogens is 2. The van der Waals surface area contributed by atoms with Crippen molar-refractivity contribution in [1.82, 2.24) is 0 Å². The van der Waals surface area contributed by atoms with E-state index in [2.05, 4.69) is 0 Å². The Labute approximate surface area is 109 Å². The Hall–Kier alpha value is -0.970. The van der Waals surface area contributed by atoms with E-state index in [1.54, 1.807) is 6.92 Å². The zero-order valence-corrected chi connectivity index (χ0v) is 10.7. The number of phenols is 1. The van der Waals surface area contributed by atoms with Crippen LogP contribution in [-0.4, -0.2) is 21.7 Å². The second-order valence-corrected chi connectivity index (χ2v) is 4.71. The largest absolute Gasteiger partial charge is 0.505 e. The Morgan fingerprint density at radius 3 is 2.24 bits per heavy atom. The molecule has 0 radical (unpaired) electrons. The molecular weight excluding hydrogens is 265 g/mol. The second-order valence-electron chi connectivity index (χ2n) is 3.90. The van der Waals surface area contributed by atoms with Crippen molar-refractivity contribution < 1.29 is 15.0 Å². The number of hydrogen-bond donors (Lipinski definition) is 3. The van der Waals surface area contributed by atoms with E-state index < -0.39 is 11.5 Å². The summed E-state index contributed by atoms with van der Waals surface area (Å²) in [4.78, 5) is 11.1. The quantitative estimate of drug-likeness (QED) is 0.789. The third-order valence-electron chi connectivity index (χ3n) is 2.65. The summed E-state index contributed by atoms with van der Waals surface area (Å²) >= 11 is 11.5. The van der Waals surface area contributed by atoms with Gasteiger partial charge < -0.3 is 15.9 Å². The first-order valence-corrected chi connectivity index (χ1v) is 5.75. The molecule has 1 aromatic carbocycles. The van der Waals surface area contributed by atoms with Crippen LogP contribution in [0.5, 0.6) is 5.75 Å². The van der Waals surface area contributed by atoms with Crippen molar-refractivity contribution >= 4 is 29.2 Å². The van der Waals surface area contributed by atoms with E-state index in [-0.39, 0.29) is 28.6 Å². The number of carbonyl (C=O) groups is 1. The molecule has 0 saturated heterocycles. The van der Waals surface area contributed by atoms with Gasteiger partial charge in [0.2, 0.25) is 0 Å². The van der Waals surface area contributed by atoms with E-state index in [4.69, 9.17) is 34.0 Å². The fourth-order valence-electron chi connectivity index (χ4n) is 1.44. The lowest BCUT2D eigenvalue weighted by Crippen LogP contribution is -2.49. The van der Waals surface area contributed by atoms with Crippen LogP contribution in [0.3, 0.4) is 0 Å². The zero-order chi connectivity index (χ0) is 13.2. The van der Waals surface area contributed by atoms with Crippen LogP contribution in [-0.2, 0) is 11.2 Å². The number of carboxylic acids is 1. The Kier molecular flexibility index (Phi) is 4.25. The molecular formula is C11H13Cl2NO3. The highest BCUT2D eigenvalue weighted by Crippen LogP contribution is 2.33. The van der Waals surface area contributed by atoms with Gasteiger partial charge in [0.1, 0.15) is 5.54 Å². The SMILES string of the molecule is CCC(N)(Cc1cc(Cl)c(O)c(Cl)c1)C(=O)O. The van der Waals surface area contributed by atoms with Gasteiger partial charge >= 0.3 is 5.97 Å². The first kappa shape index (κ1) is 14.1. The minimum Gasteiger partial charge on any atom is -0.505 e. The van der Waals surface area contributed by atoms with Crippen molar-refractivity contribution in [3.8, 4) is 5.75 Å². The van der Waals surface area contributed by atoms with Gasteiger partial charge in [-0.2, -0.15) is 0 Å². The minimum absolute atomic E-state index is 0.0799. The van der Waals surface area contributed by atoms with Crippen LogP contribution in [0.4, 0.5) is 0 Å². The summed E-state index contributed by atoms with van der Waals surface area (Å²) in [5.41, 5.74) is 4.98. The van der Waals surface area contributed by atoms with E-state index in [1.165, 1.54) is 12.1 Å². The topological polar surface area (TPSA) is 83.5 Å². The van der Waals surface area contributed by atoms with Crippen LogP contribution in [0.2, 0.25) is 10.0 Å². The molecule has 94 valence electrons. The Balaban J connectivity index is 3.07. The third kappa shape index (κ3) is 3.03. The summed E-state index contributed by atoms with van der Waals surface area (Å²) in [7, 11) is 0. The van der Waals surface area contributed by atoms with Gasteiger partial charge in [0.25, 0.3) is 0 Å². The molecule has 1 rings (SSSR count). The van der Waals surface area contributed by atoms with Crippen molar-refractivity contribution in [3.05, 3.63) is 27.7 Å². The summed E-state index contributed by atoms with van der Waals surface area (Å²) < 4.78 is 0. The van der Waals surface area contributed by atoms with Gasteiger partial charge in [0.05, 0.1) is 10.0 Å². The number of carboxylic acid groups (broad SMARTS) is 1. The van der Waals surface area contributed by atoms with Gasteiger partial charge in [-0.3, -0.25) is 4.79 Å². The second kappa shape index (κ2) is 5.12. The highest BCUT2D eigenvalue weighted by molar-refractivity contribution is 6.37. The number of aliphatic carboxylic acids is 1. The summed E-state index contributed by atoms with van der Waals surface area (Å²) in [6, 6.07) is 2.92. The molecule has 0 aliphatic heterocycles. The molecule has 0 aromatic heterocycles. The van der Waals surface area contributed by atoms with E-state index in [0.717, 1.165) is 0 Å². The highest BCUT2D eigenvalue weighted by atomic mass is 35.5. The number of hydrogen-bond acceptors (Lipinski definition) is 3. The number of rotatable bonds is 4. The van der Waals surface area contributed by atoms with Crippen molar-refractivity contribution in [2.45, 2.75) is 25.3 Å². The molecule has 4 N–H and O–H groups in total. The summed E-state index contributed by atoms with van der Waals surface area (Å²) in [5.74, 6) is -1.30. The molecule has 0 amide bonds. The van der Waals surface area contributed by atoms with E-state index in [9.17, 15) is 9.90 Å².